The standard InChI is InChI=1S/C11H16N2O2/c1-8-2-3-10(14)9(6-8)7-13-5-4-11(12)15/h2-3,6,13-14H,4-5,7H2,1H3,(H2,12,15). The highest BCUT2D eigenvalue weighted by atomic mass is 16.3. The molecular weight excluding hydrogens is 192 g/mol. The number of phenols is 1. The maximum Gasteiger partial charge on any atom is 0.218 e. The molecular formula is C11H16N2O2. The summed E-state index contributed by atoms with van der Waals surface area (Å²) < 4.78 is 0. The minimum Gasteiger partial charge on any atom is -0.508 e. The van der Waals surface area contributed by atoms with E-state index >= 15 is 0 Å². The Labute approximate surface area is 89.1 Å². The topological polar surface area (TPSA) is 75.3 Å². The molecule has 0 aliphatic heterocycles. The number of hydrogen-bond donors (Lipinski definition) is 3. The Morgan fingerprint density at radius 1 is 1.53 bits per heavy atom. The van der Waals surface area contributed by atoms with E-state index in [0.717, 1.165) is 11.1 Å². The van der Waals surface area contributed by atoms with Crippen LogP contribution >= 0.6 is 0 Å². The molecule has 1 aromatic carbocycles. The Hall–Kier alpha value is -1.55. The number of carbonyl (C=O) groups excluding carboxylic acids is 1. The number of benzene rings is 1. The van der Waals surface area contributed by atoms with Crippen molar-refractivity contribution < 1.29 is 9.90 Å². The van der Waals surface area contributed by atoms with Crippen molar-refractivity contribution in [3.05, 3.63) is 29.3 Å². The van der Waals surface area contributed by atoms with E-state index in [-0.39, 0.29) is 11.7 Å². The summed E-state index contributed by atoms with van der Waals surface area (Å²) in [7, 11) is 0. The average molecular weight is 208 g/mol. The zero-order valence-corrected chi connectivity index (χ0v) is 8.79. The average Bonchev–Trinajstić information content (AvgIpc) is 2.17. The van der Waals surface area contributed by atoms with Crippen LogP contribution in [0.15, 0.2) is 18.2 Å². The number of nitrogens with two attached hydrogens (primary N) is 1. The molecule has 0 heterocycles. The molecule has 0 spiro atoms. The van der Waals surface area contributed by atoms with Crippen LogP contribution in [0, 0.1) is 6.92 Å². The van der Waals surface area contributed by atoms with Crippen molar-refractivity contribution >= 4 is 5.91 Å². The molecule has 82 valence electrons. The second-order valence-electron chi connectivity index (χ2n) is 3.53. The molecule has 1 rings (SSSR count). The summed E-state index contributed by atoms with van der Waals surface area (Å²) in [5.74, 6) is -0.0526. The predicted octanol–water partition coefficient (Wildman–Crippen LogP) is 0.666. The van der Waals surface area contributed by atoms with Crippen LogP contribution in [-0.4, -0.2) is 17.6 Å². The molecule has 0 aliphatic carbocycles. The number of carbonyl (C=O) groups is 1. The molecule has 0 fully saturated rings. The molecule has 0 bridgehead atoms. The quantitative estimate of drug-likeness (QED) is 0.622. The van der Waals surface area contributed by atoms with E-state index in [0.29, 0.717) is 19.5 Å². The maximum absolute atomic E-state index is 10.5. The number of hydrogen-bond acceptors (Lipinski definition) is 3. The number of aryl methyl sites for hydroxylation is 1. The van der Waals surface area contributed by atoms with Gasteiger partial charge >= 0.3 is 0 Å². The first-order chi connectivity index (χ1) is 7.09. The third-order valence-electron chi connectivity index (χ3n) is 2.10. The summed E-state index contributed by atoms with van der Waals surface area (Å²) in [5, 5.41) is 12.6. The van der Waals surface area contributed by atoms with Gasteiger partial charge in [0.2, 0.25) is 5.91 Å². The Morgan fingerprint density at radius 2 is 2.27 bits per heavy atom. The van der Waals surface area contributed by atoms with Crippen LogP contribution < -0.4 is 11.1 Å². The number of rotatable bonds is 5. The van der Waals surface area contributed by atoms with Crippen molar-refractivity contribution in [2.75, 3.05) is 6.54 Å². The van der Waals surface area contributed by atoms with Gasteiger partial charge in [-0.3, -0.25) is 4.79 Å². The minimum absolute atomic E-state index is 0.271. The van der Waals surface area contributed by atoms with E-state index in [4.69, 9.17) is 5.73 Å². The Bertz CT molecular complexity index is 350. The summed E-state index contributed by atoms with van der Waals surface area (Å²) in [6.07, 6.45) is 0.312. The first-order valence-electron chi connectivity index (χ1n) is 4.87. The van der Waals surface area contributed by atoms with Gasteiger partial charge < -0.3 is 16.2 Å². The van der Waals surface area contributed by atoms with Crippen molar-refractivity contribution in [1.82, 2.24) is 5.32 Å². The molecule has 4 N–H and O–H groups in total. The molecule has 0 aromatic heterocycles. The number of aromatic hydroxyl groups is 1. The fourth-order valence-electron chi connectivity index (χ4n) is 1.29. The van der Waals surface area contributed by atoms with E-state index in [1.165, 1.54) is 0 Å². The van der Waals surface area contributed by atoms with Crippen LogP contribution in [0.5, 0.6) is 5.75 Å². The van der Waals surface area contributed by atoms with E-state index in [1.54, 1.807) is 6.07 Å². The Kier molecular flexibility index (Phi) is 4.12. The van der Waals surface area contributed by atoms with Gasteiger partial charge in [0.05, 0.1) is 0 Å². The zero-order valence-electron chi connectivity index (χ0n) is 8.79. The molecule has 0 saturated carbocycles. The van der Waals surface area contributed by atoms with Crippen LogP contribution in [0.4, 0.5) is 0 Å². The summed E-state index contributed by atoms with van der Waals surface area (Å²) in [5.41, 5.74) is 6.93. The molecule has 0 radical (unpaired) electrons. The van der Waals surface area contributed by atoms with Crippen LogP contribution in [0.1, 0.15) is 17.5 Å². The zero-order chi connectivity index (χ0) is 11.3. The fraction of sp³-hybridized carbons (Fsp3) is 0.364. The molecule has 1 amide bonds. The summed E-state index contributed by atoms with van der Waals surface area (Å²) in [6.45, 7) is 3.04. The van der Waals surface area contributed by atoms with Crippen molar-refractivity contribution in [3.63, 3.8) is 0 Å². The predicted molar refractivity (Wildman–Crippen MR) is 58.4 cm³/mol. The van der Waals surface area contributed by atoms with Gasteiger partial charge in [0.25, 0.3) is 0 Å². The lowest BCUT2D eigenvalue weighted by Crippen LogP contribution is -2.21. The van der Waals surface area contributed by atoms with Crippen LogP contribution in [0.3, 0.4) is 0 Å². The number of phenolic OH excluding ortho intramolecular Hbond substituents is 1. The summed E-state index contributed by atoms with van der Waals surface area (Å²) >= 11 is 0. The van der Waals surface area contributed by atoms with Crippen molar-refractivity contribution in [2.24, 2.45) is 5.73 Å². The lowest BCUT2D eigenvalue weighted by molar-refractivity contribution is -0.117. The molecule has 1 aromatic rings. The van der Waals surface area contributed by atoms with Gasteiger partial charge in [0.15, 0.2) is 0 Å². The highest BCUT2D eigenvalue weighted by Gasteiger charge is 2.01. The summed E-state index contributed by atoms with van der Waals surface area (Å²) in [4.78, 5) is 10.5. The van der Waals surface area contributed by atoms with Crippen molar-refractivity contribution in [2.45, 2.75) is 19.9 Å². The number of primary amides is 1. The van der Waals surface area contributed by atoms with Gasteiger partial charge in [-0.1, -0.05) is 17.7 Å². The Morgan fingerprint density at radius 3 is 2.93 bits per heavy atom. The van der Waals surface area contributed by atoms with Gasteiger partial charge in [0, 0.05) is 25.1 Å². The van der Waals surface area contributed by atoms with E-state index in [9.17, 15) is 9.90 Å². The highest BCUT2D eigenvalue weighted by Crippen LogP contribution is 2.17. The van der Waals surface area contributed by atoms with Gasteiger partial charge in [-0.05, 0) is 13.0 Å². The molecule has 4 nitrogen and oxygen atoms in total. The number of nitrogens with one attached hydrogen (secondary N) is 1. The van der Waals surface area contributed by atoms with Crippen LogP contribution in [0.2, 0.25) is 0 Å². The second-order valence-corrected chi connectivity index (χ2v) is 3.53. The molecule has 4 heteroatoms. The van der Waals surface area contributed by atoms with Crippen LogP contribution in [0.25, 0.3) is 0 Å². The van der Waals surface area contributed by atoms with Crippen LogP contribution in [-0.2, 0) is 11.3 Å². The lowest BCUT2D eigenvalue weighted by atomic mass is 10.1. The van der Waals surface area contributed by atoms with E-state index in [2.05, 4.69) is 5.32 Å². The molecule has 0 saturated heterocycles. The molecule has 15 heavy (non-hydrogen) atoms. The number of amides is 1. The molecule has 0 unspecified atom stereocenters. The highest BCUT2D eigenvalue weighted by molar-refractivity contribution is 5.73. The van der Waals surface area contributed by atoms with Crippen molar-refractivity contribution in [3.8, 4) is 5.75 Å². The van der Waals surface area contributed by atoms with E-state index in [1.807, 2.05) is 19.1 Å². The smallest absolute Gasteiger partial charge is 0.218 e. The third-order valence-corrected chi connectivity index (χ3v) is 2.10. The first-order valence-corrected chi connectivity index (χ1v) is 4.87. The maximum atomic E-state index is 10.5. The van der Waals surface area contributed by atoms with Crippen molar-refractivity contribution in [1.29, 1.82) is 0 Å². The first kappa shape index (κ1) is 11.5. The Balaban J connectivity index is 2.43. The lowest BCUT2D eigenvalue weighted by Gasteiger charge is -2.06. The van der Waals surface area contributed by atoms with Gasteiger partial charge in [0.1, 0.15) is 5.75 Å². The third kappa shape index (κ3) is 3.99. The van der Waals surface area contributed by atoms with Gasteiger partial charge in [-0.25, -0.2) is 0 Å². The minimum atomic E-state index is -0.323. The largest absolute Gasteiger partial charge is 0.508 e. The second kappa shape index (κ2) is 5.36. The summed E-state index contributed by atoms with van der Waals surface area (Å²) in [6, 6.07) is 5.43. The fourth-order valence-corrected chi connectivity index (χ4v) is 1.29. The van der Waals surface area contributed by atoms with Gasteiger partial charge in [-0.15, -0.1) is 0 Å². The SMILES string of the molecule is Cc1ccc(O)c(CNCCC(N)=O)c1. The molecule has 0 atom stereocenters. The van der Waals surface area contributed by atoms with E-state index < -0.39 is 0 Å². The molecule has 0 aliphatic rings. The van der Waals surface area contributed by atoms with Gasteiger partial charge in [-0.2, -0.15) is 0 Å². The monoisotopic (exact) mass is 208 g/mol. The normalized spacial score (nSPS) is 10.2.